The number of thioether (sulfide) groups is 1. The van der Waals surface area contributed by atoms with Crippen LogP contribution in [0.4, 0.5) is 0 Å². The average molecular weight is 403 g/mol. The Morgan fingerprint density at radius 3 is 2.54 bits per heavy atom. The molecule has 7 heteroatoms. The van der Waals surface area contributed by atoms with Gasteiger partial charge >= 0.3 is 0 Å². The number of amides is 1. The highest BCUT2D eigenvalue weighted by Gasteiger charge is 2.42. The maximum absolute atomic E-state index is 13.2. The summed E-state index contributed by atoms with van der Waals surface area (Å²) in [5, 5.41) is 12.6. The Hall–Kier alpha value is -2.02. The van der Waals surface area contributed by atoms with Gasteiger partial charge in [0.25, 0.3) is 0 Å². The number of ether oxygens (including phenoxy) is 1. The molecule has 1 heterocycles. The molecule has 6 nitrogen and oxygen atoms in total. The number of carbonyl (C=O) groups is 1. The quantitative estimate of drug-likeness (QED) is 0.682. The highest BCUT2D eigenvalue weighted by Crippen LogP contribution is 2.41. The maximum Gasteiger partial charge on any atom is 0.231 e. The van der Waals surface area contributed by atoms with E-state index in [-0.39, 0.29) is 5.91 Å². The summed E-state index contributed by atoms with van der Waals surface area (Å²) in [6, 6.07) is 7.91. The van der Waals surface area contributed by atoms with Crippen LogP contribution >= 0.6 is 11.8 Å². The van der Waals surface area contributed by atoms with Crippen molar-refractivity contribution in [3.63, 3.8) is 0 Å². The van der Waals surface area contributed by atoms with Crippen LogP contribution in [0.15, 0.2) is 29.4 Å². The normalized spacial score (nSPS) is 15.8. The summed E-state index contributed by atoms with van der Waals surface area (Å²) < 4.78 is 7.23. The van der Waals surface area contributed by atoms with E-state index in [1.807, 2.05) is 35.9 Å². The van der Waals surface area contributed by atoms with E-state index < -0.39 is 5.41 Å². The van der Waals surface area contributed by atoms with Crippen molar-refractivity contribution in [2.45, 2.75) is 56.6 Å². The number of benzene rings is 1. The van der Waals surface area contributed by atoms with Crippen molar-refractivity contribution < 1.29 is 9.53 Å². The third-order valence-electron chi connectivity index (χ3n) is 5.41. The SMILES string of the molecule is COc1ccc(C2(C(=O)NCc3nnc(SCC(C)C)n3C)CCCC2)cc1. The van der Waals surface area contributed by atoms with E-state index in [9.17, 15) is 4.79 Å². The molecule has 0 aliphatic heterocycles. The van der Waals surface area contributed by atoms with Crippen molar-refractivity contribution in [3.05, 3.63) is 35.7 Å². The molecule has 0 spiro atoms. The highest BCUT2D eigenvalue weighted by atomic mass is 32.2. The molecule has 0 saturated heterocycles. The van der Waals surface area contributed by atoms with Crippen LogP contribution in [0, 0.1) is 5.92 Å². The average Bonchev–Trinajstić information content (AvgIpc) is 3.33. The Balaban J connectivity index is 1.70. The predicted octanol–water partition coefficient (Wildman–Crippen LogP) is 3.70. The molecule has 152 valence electrons. The summed E-state index contributed by atoms with van der Waals surface area (Å²) in [5.41, 5.74) is 0.606. The molecule has 2 aromatic rings. The minimum atomic E-state index is -0.458. The highest BCUT2D eigenvalue weighted by molar-refractivity contribution is 7.99. The molecule has 0 unspecified atom stereocenters. The van der Waals surface area contributed by atoms with E-state index in [1.54, 1.807) is 18.9 Å². The summed E-state index contributed by atoms with van der Waals surface area (Å²) in [4.78, 5) is 13.2. The molecule has 1 aliphatic rings. The monoisotopic (exact) mass is 402 g/mol. The minimum absolute atomic E-state index is 0.0783. The van der Waals surface area contributed by atoms with E-state index in [0.29, 0.717) is 12.5 Å². The summed E-state index contributed by atoms with van der Waals surface area (Å²) in [5.74, 6) is 3.26. The van der Waals surface area contributed by atoms with Crippen LogP contribution in [0.25, 0.3) is 0 Å². The standard InChI is InChI=1S/C21H30N4O2S/c1-15(2)14-28-20-24-23-18(25(20)3)13-22-19(26)21(11-5-6-12-21)16-7-9-17(27-4)10-8-16/h7-10,15H,5-6,11-14H2,1-4H3,(H,22,26). The molecular weight excluding hydrogens is 372 g/mol. The molecule has 1 aromatic carbocycles. The van der Waals surface area contributed by atoms with Gasteiger partial charge in [0.15, 0.2) is 11.0 Å². The third-order valence-corrected chi connectivity index (χ3v) is 6.86. The Labute approximate surface area is 171 Å². The van der Waals surface area contributed by atoms with E-state index in [4.69, 9.17) is 4.74 Å². The molecular formula is C21H30N4O2S. The van der Waals surface area contributed by atoms with Crippen LogP contribution < -0.4 is 10.1 Å². The van der Waals surface area contributed by atoms with Gasteiger partial charge in [-0.25, -0.2) is 0 Å². The fourth-order valence-electron chi connectivity index (χ4n) is 3.73. The molecule has 1 amide bonds. The Morgan fingerprint density at radius 2 is 1.93 bits per heavy atom. The molecule has 1 saturated carbocycles. The second kappa shape index (κ2) is 8.99. The summed E-state index contributed by atoms with van der Waals surface area (Å²) >= 11 is 1.70. The van der Waals surface area contributed by atoms with Gasteiger partial charge in [-0.15, -0.1) is 10.2 Å². The first-order chi connectivity index (χ1) is 13.5. The van der Waals surface area contributed by atoms with Crippen molar-refractivity contribution in [1.82, 2.24) is 20.1 Å². The van der Waals surface area contributed by atoms with Gasteiger partial charge in [-0.3, -0.25) is 4.79 Å². The molecule has 28 heavy (non-hydrogen) atoms. The summed E-state index contributed by atoms with van der Waals surface area (Å²) in [6.07, 6.45) is 3.89. The lowest BCUT2D eigenvalue weighted by molar-refractivity contribution is -0.126. The zero-order valence-electron chi connectivity index (χ0n) is 17.2. The zero-order valence-corrected chi connectivity index (χ0v) is 18.0. The van der Waals surface area contributed by atoms with Gasteiger partial charge in [0.2, 0.25) is 5.91 Å². The number of nitrogens with zero attached hydrogens (tertiary/aromatic N) is 3. The number of nitrogens with one attached hydrogen (secondary N) is 1. The topological polar surface area (TPSA) is 69.0 Å². The van der Waals surface area contributed by atoms with Gasteiger partial charge in [-0.2, -0.15) is 0 Å². The van der Waals surface area contributed by atoms with Gasteiger partial charge < -0.3 is 14.6 Å². The first-order valence-electron chi connectivity index (χ1n) is 9.90. The zero-order chi connectivity index (χ0) is 20.1. The molecule has 1 aromatic heterocycles. The fraction of sp³-hybridized carbons (Fsp3) is 0.571. The second-order valence-electron chi connectivity index (χ2n) is 7.86. The number of aromatic nitrogens is 3. The molecule has 0 radical (unpaired) electrons. The third kappa shape index (κ3) is 4.35. The summed E-state index contributed by atoms with van der Waals surface area (Å²) in [7, 11) is 3.61. The van der Waals surface area contributed by atoms with Gasteiger partial charge in [0.05, 0.1) is 19.1 Å². The van der Waals surface area contributed by atoms with Crippen molar-refractivity contribution in [2.24, 2.45) is 13.0 Å². The smallest absolute Gasteiger partial charge is 0.231 e. The van der Waals surface area contributed by atoms with Crippen LogP contribution in [-0.2, 0) is 23.8 Å². The molecule has 1 fully saturated rings. The number of carbonyl (C=O) groups excluding carboxylic acids is 1. The fourth-order valence-corrected chi connectivity index (χ4v) is 4.61. The molecule has 0 bridgehead atoms. The van der Waals surface area contributed by atoms with Crippen molar-refractivity contribution >= 4 is 17.7 Å². The largest absolute Gasteiger partial charge is 0.497 e. The van der Waals surface area contributed by atoms with Crippen LogP contribution in [0.3, 0.4) is 0 Å². The first-order valence-corrected chi connectivity index (χ1v) is 10.9. The Bertz CT molecular complexity index is 795. The van der Waals surface area contributed by atoms with E-state index in [0.717, 1.165) is 53.7 Å². The summed E-state index contributed by atoms with van der Waals surface area (Å²) in [6.45, 7) is 4.76. The first kappa shape index (κ1) is 20.7. The number of rotatable bonds is 8. The van der Waals surface area contributed by atoms with Crippen LogP contribution in [0.1, 0.15) is 50.9 Å². The van der Waals surface area contributed by atoms with Crippen LogP contribution in [0.2, 0.25) is 0 Å². The Morgan fingerprint density at radius 1 is 1.25 bits per heavy atom. The van der Waals surface area contributed by atoms with Gasteiger partial charge in [-0.1, -0.05) is 50.6 Å². The van der Waals surface area contributed by atoms with Crippen LogP contribution in [-0.4, -0.2) is 33.5 Å². The number of methoxy groups -OCH3 is 1. The molecule has 1 N–H and O–H groups in total. The van der Waals surface area contributed by atoms with Crippen molar-refractivity contribution in [2.75, 3.05) is 12.9 Å². The number of hydrogen-bond donors (Lipinski definition) is 1. The van der Waals surface area contributed by atoms with Gasteiger partial charge in [0, 0.05) is 12.8 Å². The molecule has 1 aliphatic carbocycles. The lowest BCUT2D eigenvalue weighted by Crippen LogP contribution is -2.42. The minimum Gasteiger partial charge on any atom is -0.497 e. The van der Waals surface area contributed by atoms with Gasteiger partial charge in [0.1, 0.15) is 5.75 Å². The van der Waals surface area contributed by atoms with E-state index in [1.165, 1.54) is 0 Å². The van der Waals surface area contributed by atoms with Crippen molar-refractivity contribution in [1.29, 1.82) is 0 Å². The lowest BCUT2D eigenvalue weighted by Gasteiger charge is -2.28. The second-order valence-corrected chi connectivity index (χ2v) is 8.85. The predicted molar refractivity (Wildman–Crippen MR) is 112 cm³/mol. The molecule has 0 atom stereocenters. The maximum atomic E-state index is 13.2. The number of hydrogen-bond acceptors (Lipinski definition) is 5. The van der Waals surface area contributed by atoms with Gasteiger partial charge in [-0.05, 0) is 36.5 Å². The van der Waals surface area contributed by atoms with E-state index in [2.05, 4.69) is 29.4 Å². The van der Waals surface area contributed by atoms with Crippen molar-refractivity contribution in [3.8, 4) is 5.75 Å². The Kier molecular flexibility index (Phi) is 6.65. The van der Waals surface area contributed by atoms with Crippen LogP contribution in [0.5, 0.6) is 5.75 Å². The van der Waals surface area contributed by atoms with E-state index >= 15 is 0 Å². The molecule has 3 rings (SSSR count). The lowest BCUT2D eigenvalue weighted by atomic mass is 9.78.